The Morgan fingerprint density at radius 3 is 1.83 bits per heavy atom. The maximum Gasteiger partial charge on any atom is -0.00229 e. The van der Waals surface area contributed by atoms with Crippen LogP contribution in [0, 0.1) is 22.7 Å². The van der Waals surface area contributed by atoms with Gasteiger partial charge in [-0.05, 0) is 36.5 Å². The molecule has 1 saturated carbocycles. The zero-order valence-electron chi connectivity index (χ0n) is 9.15. The second kappa shape index (κ2) is 1.81. The van der Waals surface area contributed by atoms with Crippen molar-refractivity contribution in [3.05, 3.63) is 11.1 Å². The van der Waals surface area contributed by atoms with Crippen molar-refractivity contribution < 1.29 is 0 Å². The molecule has 0 aromatic heterocycles. The standard InChI is InChI=1S/C12H20/c1-7-8(2)11(5)10(4)12(11,6)9(7)3/h8,10H,1-6H3/t8-,10+,11+,12-/m1/s1. The zero-order valence-corrected chi connectivity index (χ0v) is 9.15. The van der Waals surface area contributed by atoms with Crippen molar-refractivity contribution in [3.63, 3.8) is 0 Å². The molecule has 0 aromatic rings. The minimum absolute atomic E-state index is 0.538. The summed E-state index contributed by atoms with van der Waals surface area (Å²) in [6.07, 6.45) is 0. The monoisotopic (exact) mass is 164 g/mol. The van der Waals surface area contributed by atoms with Crippen molar-refractivity contribution in [2.24, 2.45) is 22.7 Å². The molecule has 0 heterocycles. The molecule has 4 atom stereocenters. The van der Waals surface area contributed by atoms with Gasteiger partial charge in [0.1, 0.15) is 0 Å². The third-order valence-corrected chi connectivity index (χ3v) is 5.72. The molecule has 0 aromatic carbocycles. The van der Waals surface area contributed by atoms with Crippen molar-refractivity contribution >= 4 is 0 Å². The largest absolute Gasteiger partial charge is 0.0704 e. The summed E-state index contributed by atoms with van der Waals surface area (Å²) in [6, 6.07) is 0. The van der Waals surface area contributed by atoms with Gasteiger partial charge in [0.2, 0.25) is 0 Å². The van der Waals surface area contributed by atoms with Gasteiger partial charge in [-0.2, -0.15) is 0 Å². The van der Waals surface area contributed by atoms with Gasteiger partial charge in [0.25, 0.3) is 0 Å². The first-order chi connectivity index (χ1) is 5.38. The Labute approximate surface area is 76.1 Å². The van der Waals surface area contributed by atoms with Gasteiger partial charge in [-0.25, -0.2) is 0 Å². The molecule has 0 saturated heterocycles. The van der Waals surface area contributed by atoms with Crippen LogP contribution in [0.25, 0.3) is 0 Å². The van der Waals surface area contributed by atoms with Crippen LogP contribution in [-0.2, 0) is 0 Å². The summed E-state index contributed by atoms with van der Waals surface area (Å²) >= 11 is 0. The van der Waals surface area contributed by atoms with Crippen LogP contribution < -0.4 is 0 Å². The molecule has 2 aliphatic rings. The molecule has 12 heavy (non-hydrogen) atoms. The summed E-state index contributed by atoms with van der Waals surface area (Å²) in [7, 11) is 0. The molecule has 0 bridgehead atoms. The average Bonchev–Trinajstić information content (AvgIpc) is 2.45. The third kappa shape index (κ3) is 0.496. The zero-order chi connectivity index (χ0) is 9.31. The van der Waals surface area contributed by atoms with Gasteiger partial charge in [0.15, 0.2) is 0 Å². The predicted molar refractivity (Wildman–Crippen MR) is 52.9 cm³/mol. The molecule has 2 rings (SSSR count). The number of rotatable bonds is 0. The Bertz CT molecular complexity index is 274. The quantitative estimate of drug-likeness (QED) is 0.479. The van der Waals surface area contributed by atoms with Crippen LogP contribution in [0.2, 0.25) is 0 Å². The minimum Gasteiger partial charge on any atom is -0.0704 e. The van der Waals surface area contributed by atoms with E-state index in [-0.39, 0.29) is 0 Å². The molecule has 2 aliphatic carbocycles. The lowest BCUT2D eigenvalue weighted by Gasteiger charge is -2.17. The van der Waals surface area contributed by atoms with Crippen LogP contribution in [0.15, 0.2) is 11.1 Å². The van der Waals surface area contributed by atoms with Gasteiger partial charge in [0.05, 0.1) is 0 Å². The summed E-state index contributed by atoms with van der Waals surface area (Å²) < 4.78 is 0. The first-order valence-corrected chi connectivity index (χ1v) is 5.06. The number of allylic oxidation sites excluding steroid dienone is 2. The summed E-state index contributed by atoms with van der Waals surface area (Å²) in [6.45, 7) is 14.4. The van der Waals surface area contributed by atoms with E-state index in [0.717, 1.165) is 11.8 Å². The normalized spacial score (nSPS) is 57.5. The van der Waals surface area contributed by atoms with E-state index in [1.54, 1.807) is 11.1 Å². The first kappa shape index (κ1) is 8.34. The fraction of sp³-hybridized carbons (Fsp3) is 0.833. The smallest absolute Gasteiger partial charge is 0.00229 e. The lowest BCUT2D eigenvalue weighted by atomic mass is 9.87. The van der Waals surface area contributed by atoms with Gasteiger partial charge in [-0.15, -0.1) is 0 Å². The van der Waals surface area contributed by atoms with Gasteiger partial charge in [-0.1, -0.05) is 38.8 Å². The summed E-state index contributed by atoms with van der Waals surface area (Å²) in [4.78, 5) is 0. The fourth-order valence-electron chi connectivity index (χ4n) is 3.83. The van der Waals surface area contributed by atoms with E-state index < -0.39 is 0 Å². The molecule has 0 N–H and O–H groups in total. The van der Waals surface area contributed by atoms with Crippen molar-refractivity contribution in [2.75, 3.05) is 0 Å². The Morgan fingerprint density at radius 1 is 1.08 bits per heavy atom. The fourth-order valence-corrected chi connectivity index (χ4v) is 3.83. The molecule has 0 aliphatic heterocycles. The Balaban J connectivity index is 2.52. The summed E-state index contributed by atoms with van der Waals surface area (Å²) in [5.41, 5.74) is 4.44. The van der Waals surface area contributed by atoms with Gasteiger partial charge >= 0.3 is 0 Å². The highest BCUT2D eigenvalue weighted by Gasteiger charge is 2.74. The van der Waals surface area contributed by atoms with Crippen molar-refractivity contribution in [1.29, 1.82) is 0 Å². The van der Waals surface area contributed by atoms with E-state index in [2.05, 4.69) is 41.5 Å². The van der Waals surface area contributed by atoms with Crippen LogP contribution >= 0.6 is 0 Å². The number of hydrogen-bond acceptors (Lipinski definition) is 0. The molecule has 0 heteroatoms. The van der Waals surface area contributed by atoms with E-state index in [9.17, 15) is 0 Å². The maximum absolute atomic E-state index is 2.46. The molecule has 0 radical (unpaired) electrons. The van der Waals surface area contributed by atoms with E-state index in [0.29, 0.717) is 10.8 Å². The number of hydrogen-bond donors (Lipinski definition) is 0. The molecule has 0 spiro atoms. The van der Waals surface area contributed by atoms with Crippen LogP contribution in [0.3, 0.4) is 0 Å². The van der Waals surface area contributed by atoms with Gasteiger partial charge in [0, 0.05) is 0 Å². The van der Waals surface area contributed by atoms with E-state index in [1.165, 1.54) is 0 Å². The van der Waals surface area contributed by atoms with E-state index >= 15 is 0 Å². The highest BCUT2D eigenvalue weighted by molar-refractivity contribution is 5.44. The van der Waals surface area contributed by atoms with E-state index in [1.807, 2.05) is 0 Å². The minimum atomic E-state index is 0.538. The molecule has 68 valence electrons. The summed E-state index contributed by atoms with van der Waals surface area (Å²) in [5.74, 6) is 1.70. The summed E-state index contributed by atoms with van der Waals surface area (Å²) in [5, 5.41) is 0. The van der Waals surface area contributed by atoms with Gasteiger partial charge in [-0.3, -0.25) is 0 Å². The van der Waals surface area contributed by atoms with E-state index in [4.69, 9.17) is 0 Å². The molecule has 1 fully saturated rings. The lowest BCUT2D eigenvalue weighted by molar-refractivity contribution is 0.364. The highest BCUT2D eigenvalue weighted by atomic mass is 14.8. The van der Waals surface area contributed by atoms with Crippen molar-refractivity contribution in [3.8, 4) is 0 Å². The van der Waals surface area contributed by atoms with Crippen LogP contribution in [-0.4, -0.2) is 0 Å². The van der Waals surface area contributed by atoms with Crippen molar-refractivity contribution in [2.45, 2.75) is 41.5 Å². The predicted octanol–water partition coefficient (Wildman–Crippen LogP) is 3.63. The average molecular weight is 164 g/mol. The van der Waals surface area contributed by atoms with Crippen molar-refractivity contribution in [1.82, 2.24) is 0 Å². The Hall–Kier alpha value is -0.260. The van der Waals surface area contributed by atoms with Crippen LogP contribution in [0.5, 0.6) is 0 Å². The Morgan fingerprint density at radius 2 is 1.58 bits per heavy atom. The maximum atomic E-state index is 2.46. The highest BCUT2D eigenvalue weighted by Crippen LogP contribution is 2.80. The number of fused-ring (bicyclic) bond motifs is 1. The molecular weight excluding hydrogens is 144 g/mol. The van der Waals surface area contributed by atoms with Crippen LogP contribution in [0.1, 0.15) is 41.5 Å². The topological polar surface area (TPSA) is 0 Å². The third-order valence-electron chi connectivity index (χ3n) is 5.72. The lowest BCUT2D eigenvalue weighted by Crippen LogP contribution is -2.10. The second-order valence-electron chi connectivity index (χ2n) is 5.24. The second-order valence-corrected chi connectivity index (χ2v) is 5.24. The molecule has 0 unspecified atom stereocenters. The SMILES string of the molecule is CC1=C(C)[C@]2(C)[C@@H](C)[C@]2(C)[C@@H]1C. The molecular formula is C12H20. The molecule has 0 amide bonds. The Kier molecular flexibility index (Phi) is 1.26. The molecule has 0 nitrogen and oxygen atoms in total. The van der Waals surface area contributed by atoms with Crippen LogP contribution in [0.4, 0.5) is 0 Å². The van der Waals surface area contributed by atoms with Gasteiger partial charge < -0.3 is 0 Å². The first-order valence-electron chi connectivity index (χ1n) is 5.06.